The predicted octanol–water partition coefficient (Wildman–Crippen LogP) is 4.12. The highest BCUT2D eigenvalue weighted by Gasteiger charge is 2.30. The Morgan fingerprint density at radius 1 is 1.22 bits per heavy atom. The minimum absolute atomic E-state index is 0.0157. The Morgan fingerprint density at radius 2 is 1.96 bits per heavy atom. The fourth-order valence-corrected chi connectivity index (χ4v) is 5.14. The van der Waals surface area contributed by atoms with Crippen LogP contribution in [0, 0.1) is 23.2 Å². The van der Waals surface area contributed by atoms with Crippen LogP contribution in [0.15, 0.2) is 24.3 Å². The number of halogens is 1. The van der Waals surface area contributed by atoms with Gasteiger partial charge in [0.25, 0.3) is 5.91 Å². The second kappa shape index (κ2) is 9.20. The van der Waals surface area contributed by atoms with Crippen molar-refractivity contribution in [2.45, 2.75) is 32.1 Å². The maximum atomic E-state index is 12.7. The molecule has 0 bridgehead atoms. The lowest BCUT2D eigenvalue weighted by Crippen LogP contribution is -2.43. The molecule has 1 heterocycles. The van der Waals surface area contributed by atoms with Crippen molar-refractivity contribution in [3.63, 3.8) is 0 Å². The van der Waals surface area contributed by atoms with Gasteiger partial charge < -0.3 is 10.6 Å². The van der Waals surface area contributed by atoms with Gasteiger partial charge >= 0.3 is 0 Å². The molecule has 1 unspecified atom stereocenters. The van der Waals surface area contributed by atoms with E-state index in [9.17, 15) is 9.59 Å². The van der Waals surface area contributed by atoms with E-state index in [1.807, 2.05) is 30.3 Å². The molecule has 142 valence electrons. The molecular weight excluding hydrogens is 382 g/mol. The van der Waals surface area contributed by atoms with Gasteiger partial charge in [0.2, 0.25) is 5.91 Å². The number of benzene rings is 1. The first-order valence-electron chi connectivity index (χ1n) is 9.21. The fourth-order valence-electron chi connectivity index (χ4n) is 3.71. The van der Waals surface area contributed by atoms with Crippen molar-refractivity contribution in [1.82, 2.24) is 10.6 Å². The lowest BCUT2D eigenvalue weighted by molar-refractivity contribution is -0.126. The molecule has 27 heavy (non-hydrogen) atoms. The summed E-state index contributed by atoms with van der Waals surface area (Å²) < 4.78 is 0.961. The number of thiophene rings is 1. The first kappa shape index (κ1) is 19.7. The van der Waals surface area contributed by atoms with Crippen LogP contribution in [0.1, 0.15) is 41.8 Å². The number of nitriles is 1. The third kappa shape index (κ3) is 4.60. The maximum absolute atomic E-state index is 12.7. The largest absolute Gasteiger partial charge is 0.350 e. The third-order valence-corrected chi connectivity index (χ3v) is 6.80. The van der Waals surface area contributed by atoms with E-state index in [1.165, 1.54) is 17.8 Å². The number of carbonyl (C=O) groups is 2. The molecule has 1 aromatic heterocycles. The van der Waals surface area contributed by atoms with E-state index in [1.54, 1.807) is 0 Å². The number of rotatable bonds is 6. The van der Waals surface area contributed by atoms with E-state index in [0.717, 1.165) is 35.8 Å². The standard InChI is InChI=1S/C20H22ClN3O2S/c21-17-14-8-4-5-9-16(14)27-18(17)20(26)24-12-15(19(25)23-11-10-22)13-6-2-1-3-7-13/h4-5,8-9,13,15H,1-3,6-7,11-12H2,(H,23,25)(H,24,26). The van der Waals surface area contributed by atoms with Crippen molar-refractivity contribution in [3.05, 3.63) is 34.2 Å². The van der Waals surface area contributed by atoms with Crippen LogP contribution in [-0.2, 0) is 4.79 Å². The highest BCUT2D eigenvalue weighted by atomic mass is 35.5. The number of carbonyl (C=O) groups excluding carboxylic acids is 2. The molecule has 7 heteroatoms. The van der Waals surface area contributed by atoms with Crippen LogP contribution >= 0.6 is 22.9 Å². The van der Waals surface area contributed by atoms with Gasteiger partial charge in [-0.25, -0.2) is 0 Å². The first-order valence-corrected chi connectivity index (χ1v) is 10.4. The molecule has 1 aliphatic carbocycles. The van der Waals surface area contributed by atoms with Crippen LogP contribution in [0.25, 0.3) is 10.1 Å². The number of nitrogens with zero attached hydrogens (tertiary/aromatic N) is 1. The van der Waals surface area contributed by atoms with Crippen LogP contribution in [0.2, 0.25) is 5.02 Å². The molecule has 3 rings (SSSR count). The first-order chi connectivity index (χ1) is 13.1. The maximum Gasteiger partial charge on any atom is 0.262 e. The Bertz CT molecular complexity index is 868. The molecule has 0 aliphatic heterocycles. The summed E-state index contributed by atoms with van der Waals surface area (Å²) in [6.45, 7) is 0.240. The molecule has 0 radical (unpaired) electrons. The summed E-state index contributed by atoms with van der Waals surface area (Å²) in [4.78, 5) is 25.7. The summed E-state index contributed by atoms with van der Waals surface area (Å²) in [6, 6.07) is 9.56. The molecule has 2 aromatic rings. The predicted molar refractivity (Wildman–Crippen MR) is 108 cm³/mol. The van der Waals surface area contributed by atoms with Gasteiger partial charge in [-0.2, -0.15) is 5.26 Å². The quantitative estimate of drug-likeness (QED) is 0.711. The van der Waals surface area contributed by atoms with Gasteiger partial charge in [-0.3, -0.25) is 9.59 Å². The number of amides is 2. The number of hydrogen-bond donors (Lipinski definition) is 2. The number of nitrogens with one attached hydrogen (secondary N) is 2. The number of hydrogen-bond acceptors (Lipinski definition) is 4. The van der Waals surface area contributed by atoms with E-state index in [4.69, 9.17) is 16.9 Å². The van der Waals surface area contributed by atoms with Crippen molar-refractivity contribution in [3.8, 4) is 6.07 Å². The minimum atomic E-state index is -0.323. The van der Waals surface area contributed by atoms with Crippen molar-refractivity contribution in [2.24, 2.45) is 11.8 Å². The van der Waals surface area contributed by atoms with E-state index in [0.29, 0.717) is 9.90 Å². The fraction of sp³-hybridized carbons (Fsp3) is 0.450. The van der Waals surface area contributed by atoms with E-state index in [-0.39, 0.29) is 36.7 Å². The molecule has 1 atom stereocenters. The molecule has 1 fully saturated rings. The van der Waals surface area contributed by atoms with Gasteiger partial charge in [-0.15, -0.1) is 11.3 Å². The average molecular weight is 404 g/mol. The Labute approximate surface area is 167 Å². The van der Waals surface area contributed by atoms with Crippen LogP contribution in [0.4, 0.5) is 0 Å². The molecule has 2 N–H and O–H groups in total. The average Bonchev–Trinajstić information content (AvgIpc) is 3.04. The molecule has 5 nitrogen and oxygen atoms in total. The third-order valence-electron chi connectivity index (χ3n) is 5.12. The van der Waals surface area contributed by atoms with Crippen molar-refractivity contribution < 1.29 is 9.59 Å². The van der Waals surface area contributed by atoms with Crippen molar-refractivity contribution in [1.29, 1.82) is 5.26 Å². The van der Waals surface area contributed by atoms with Gasteiger partial charge in [0.1, 0.15) is 11.4 Å². The molecule has 1 aliphatic rings. The van der Waals surface area contributed by atoms with Gasteiger partial charge in [-0.05, 0) is 24.8 Å². The molecular formula is C20H22ClN3O2S. The monoisotopic (exact) mass is 403 g/mol. The van der Waals surface area contributed by atoms with Gasteiger partial charge in [-0.1, -0.05) is 49.1 Å². The van der Waals surface area contributed by atoms with Crippen LogP contribution in [0.3, 0.4) is 0 Å². The summed E-state index contributed by atoms with van der Waals surface area (Å²) in [5.74, 6) is -0.507. The molecule has 1 aromatic carbocycles. The smallest absolute Gasteiger partial charge is 0.262 e. The van der Waals surface area contributed by atoms with Crippen LogP contribution in [-0.4, -0.2) is 24.9 Å². The molecule has 0 saturated heterocycles. The molecule has 1 saturated carbocycles. The SMILES string of the molecule is N#CCNC(=O)C(CNC(=O)c1sc2ccccc2c1Cl)C1CCCCC1. The normalized spacial score (nSPS) is 15.9. The van der Waals surface area contributed by atoms with E-state index >= 15 is 0 Å². The Balaban J connectivity index is 1.71. The number of fused-ring (bicyclic) bond motifs is 1. The van der Waals surface area contributed by atoms with Crippen LogP contribution in [0.5, 0.6) is 0 Å². The van der Waals surface area contributed by atoms with Crippen molar-refractivity contribution >= 4 is 44.8 Å². The summed E-state index contributed by atoms with van der Waals surface area (Å²) >= 11 is 7.74. The summed E-state index contributed by atoms with van der Waals surface area (Å²) in [5.41, 5.74) is 0. The Hall–Kier alpha value is -2.10. The van der Waals surface area contributed by atoms with E-state index < -0.39 is 0 Å². The zero-order valence-electron chi connectivity index (χ0n) is 15.0. The highest BCUT2D eigenvalue weighted by Crippen LogP contribution is 2.35. The molecule has 0 spiro atoms. The molecule has 2 amide bonds. The second-order valence-corrected chi connectivity index (χ2v) is 8.26. The zero-order valence-corrected chi connectivity index (χ0v) is 16.5. The van der Waals surface area contributed by atoms with E-state index in [2.05, 4.69) is 10.6 Å². The second-order valence-electron chi connectivity index (χ2n) is 6.83. The summed E-state index contributed by atoms with van der Waals surface area (Å²) in [7, 11) is 0. The topological polar surface area (TPSA) is 82.0 Å². The lowest BCUT2D eigenvalue weighted by Gasteiger charge is -2.29. The van der Waals surface area contributed by atoms with Gasteiger partial charge in [0.05, 0.1) is 17.0 Å². The van der Waals surface area contributed by atoms with Gasteiger partial charge in [0, 0.05) is 16.6 Å². The Kier molecular flexibility index (Phi) is 6.70. The lowest BCUT2D eigenvalue weighted by atomic mass is 9.79. The van der Waals surface area contributed by atoms with Crippen LogP contribution < -0.4 is 10.6 Å². The van der Waals surface area contributed by atoms with Gasteiger partial charge in [0.15, 0.2) is 0 Å². The zero-order chi connectivity index (χ0) is 19.2. The summed E-state index contributed by atoms with van der Waals surface area (Å²) in [6.07, 6.45) is 5.34. The highest BCUT2D eigenvalue weighted by molar-refractivity contribution is 7.21. The van der Waals surface area contributed by atoms with Crippen molar-refractivity contribution in [2.75, 3.05) is 13.1 Å². The minimum Gasteiger partial charge on any atom is -0.350 e. The Morgan fingerprint density at radius 3 is 2.67 bits per heavy atom. The summed E-state index contributed by atoms with van der Waals surface area (Å²) in [5, 5.41) is 15.6.